The van der Waals surface area contributed by atoms with Gasteiger partial charge in [-0.15, -0.1) is 0 Å². The number of fused-ring (bicyclic) bond motifs is 1. The third kappa shape index (κ3) is 2.82. The van der Waals surface area contributed by atoms with Gasteiger partial charge in [0.2, 0.25) is 0 Å². The number of nitrogens with one attached hydrogen (secondary N) is 1. The van der Waals surface area contributed by atoms with Gasteiger partial charge in [-0.3, -0.25) is 10.1 Å². The van der Waals surface area contributed by atoms with Gasteiger partial charge in [-0.2, -0.15) is 4.98 Å². The quantitative estimate of drug-likeness (QED) is 0.690. The van der Waals surface area contributed by atoms with Gasteiger partial charge in [0.1, 0.15) is 5.52 Å². The molecule has 0 saturated carbocycles. The molecule has 0 aliphatic carbocycles. The van der Waals surface area contributed by atoms with Crippen molar-refractivity contribution >= 4 is 22.8 Å². The van der Waals surface area contributed by atoms with Crippen molar-refractivity contribution in [1.82, 2.24) is 9.88 Å². The molecule has 7 nitrogen and oxygen atoms in total. The lowest BCUT2D eigenvalue weighted by Gasteiger charge is -2.34. The van der Waals surface area contributed by atoms with Crippen LogP contribution in [-0.4, -0.2) is 41.0 Å². The molecule has 0 radical (unpaired) electrons. The number of non-ortho nitro benzene ring substituents is 1. The fourth-order valence-electron chi connectivity index (χ4n) is 2.82. The van der Waals surface area contributed by atoms with E-state index in [0.717, 1.165) is 19.5 Å². The molecule has 1 aliphatic heterocycles. The number of oxazole rings is 1. The summed E-state index contributed by atoms with van der Waals surface area (Å²) in [6.07, 6.45) is 1.02. The number of nitro groups is 1. The summed E-state index contributed by atoms with van der Waals surface area (Å²) in [5.74, 6) is 0.494. The topological polar surface area (TPSA) is 84.4 Å². The highest BCUT2D eigenvalue weighted by Gasteiger charge is 2.25. The highest BCUT2D eigenvalue weighted by molar-refractivity contribution is 5.77. The Hall–Kier alpha value is -2.15. The van der Waals surface area contributed by atoms with Gasteiger partial charge < -0.3 is 14.6 Å². The predicted molar refractivity (Wildman–Crippen MR) is 79.4 cm³/mol. The lowest BCUT2D eigenvalue weighted by molar-refractivity contribution is -0.384. The molecule has 3 rings (SSSR count). The molecule has 7 heteroatoms. The van der Waals surface area contributed by atoms with Crippen LogP contribution < -0.4 is 5.32 Å². The van der Waals surface area contributed by atoms with Crippen LogP contribution in [0, 0.1) is 16.0 Å². The number of aromatic nitrogens is 1. The minimum absolute atomic E-state index is 0.0119. The first kappa shape index (κ1) is 13.8. The Kier molecular flexibility index (Phi) is 3.50. The van der Waals surface area contributed by atoms with Gasteiger partial charge in [-0.1, -0.05) is 6.92 Å². The summed E-state index contributed by atoms with van der Waals surface area (Å²) in [6.45, 7) is 4.26. The summed E-state index contributed by atoms with van der Waals surface area (Å²) in [6, 6.07) is 5.20. The number of anilines is 1. The van der Waals surface area contributed by atoms with Crippen molar-refractivity contribution in [1.29, 1.82) is 0 Å². The normalized spacial score (nSPS) is 23.3. The summed E-state index contributed by atoms with van der Waals surface area (Å²) >= 11 is 0. The van der Waals surface area contributed by atoms with Gasteiger partial charge in [0, 0.05) is 18.7 Å². The largest absolute Gasteiger partial charge is 0.423 e. The van der Waals surface area contributed by atoms with Gasteiger partial charge in [0.05, 0.1) is 11.0 Å². The van der Waals surface area contributed by atoms with Gasteiger partial charge >= 0.3 is 0 Å². The maximum absolute atomic E-state index is 10.8. The third-order valence-electron chi connectivity index (χ3n) is 4.00. The summed E-state index contributed by atoms with van der Waals surface area (Å²) < 4.78 is 5.60. The Morgan fingerprint density at radius 3 is 3.05 bits per heavy atom. The minimum atomic E-state index is -0.436. The van der Waals surface area contributed by atoms with Crippen LogP contribution in [0.25, 0.3) is 11.1 Å². The van der Waals surface area contributed by atoms with Crippen LogP contribution in [-0.2, 0) is 0 Å². The molecule has 0 bridgehead atoms. The number of benzene rings is 1. The van der Waals surface area contributed by atoms with Crippen molar-refractivity contribution in [3.05, 3.63) is 28.3 Å². The van der Waals surface area contributed by atoms with Crippen molar-refractivity contribution < 1.29 is 9.34 Å². The second kappa shape index (κ2) is 5.33. The molecular weight excluding hydrogens is 272 g/mol. The van der Waals surface area contributed by atoms with Crippen LogP contribution >= 0.6 is 0 Å². The van der Waals surface area contributed by atoms with Crippen molar-refractivity contribution in [3.63, 3.8) is 0 Å². The molecule has 1 aromatic heterocycles. The van der Waals surface area contributed by atoms with E-state index in [4.69, 9.17) is 4.42 Å². The lowest BCUT2D eigenvalue weighted by atomic mass is 9.94. The van der Waals surface area contributed by atoms with Crippen molar-refractivity contribution in [3.8, 4) is 0 Å². The third-order valence-corrected chi connectivity index (χ3v) is 4.00. The van der Waals surface area contributed by atoms with Crippen LogP contribution in [0.3, 0.4) is 0 Å². The monoisotopic (exact) mass is 290 g/mol. The Bertz CT molecular complexity index is 669. The Morgan fingerprint density at radius 1 is 1.52 bits per heavy atom. The summed E-state index contributed by atoms with van der Waals surface area (Å²) in [4.78, 5) is 17.0. The zero-order chi connectivity index (χ0) is 15.0. The molecule has 112 valence electrons. The van der Waals surface area contributed by atoms with Gasteiger partial charge in [-0.25, -0.2) is 0 Å². The fraction of sp³-hybridized carbons (Fsp3) is 0.500. The Morgan fingerprint density at radius 2 is 2.33 bits per heavy atom. The first-order valence-electron chi connectivity index (χ1n) is 7.03. The molecule has 1 aromatic carbocycles. The van der Waals surface area contributed by atoms with Crippen LogP contribution in [0.1, 0.15) is 13.3 Å². The van der Waals surface area contributed by atoms with Gasteiger partial charge in [0.25, 0.3) is 11.7 Å². The number of hydrogen-bond acceptors (Lipinski definition) is 6. The van der Waals surface area contributed by atoms with E-state index in [1.165, 1.54) is 12.1 Å². The van der Waals surface area contributed by atoms with E-state index in [9.17, 15) is 10.1 Å². The van der Waals surface area contributed by atoms with E-state index >= 15 is 0 Å². The molecule has 1 aliphatic rings. The standard InChI is InChI=1S/C14H18N4O3/c1-9-8-17(2)6-5-11(9)15-14-16-12-4-3-10(18(19)20)7-13(12)21-14/h3-4,7,9,11H,5-6,8H2,1-2H3,(H,15,16). The minimum Gasteiger partial charge on any atom is -0.423 e. The second-order valence-electron chi connectivity index (χ2n) is 5.71. The molecule has 1 saturated heterocycles. The molecule has 2 aromatic rings. The maximum atomic E-state index is 10.8. The molecule has 2 atom stereocenters. The molecule has 2 unspecified atom stereocenters. The summed E-state index contributed by atoms with van der Waals surface area (Å²) in [5, 5.41) is 14.1. The molecule has 21 heavy (non-hydrogen) atoms. The molecule has 1 fully saturated rings. The lowest BCUT2D eigenvalue weighted by Crippen LogP contribution is -2.43. The summed E-state index contributed by atoms with van der Waals surface area (Å²) in [7, 11) is 2.12. The number of nitro benzene ring substituents is 1. The summed E-state index contributed by atoms with van der Waals surface area (Å²) in [5.41, 5.74) is 1.08. The van der Waals surface area contributed by atoms with E-state index in [1.807, 2.05) is 0 Å². The highest BCUT2D eigenvalue weighted by Crippen LogP contribution is 2.26. The average molecular weight is 290 g/mol. The van der Waals surface area contributed by atoms with Crippen LogP contribution in [0.15, 0.2) is 22.6 Å². The molecule has 1 N–H and O–H groups in total. The molecule has 0 spiro atoms. The second-order valence-corrected chi connectivity index (χ2v) is 5.71. The maximum Gasteiger partial charge on any atom is 0.295 e. The Balaban J connectivity index is 1.80. The van der Waals surface area contributed by atoms with Crippen molar-refractivity contribution in [2.24, 2.45) is 5.92 Å². The first-order valence-corrected chi connectivity index (χ1v) is 7.03. The van der Waals surface area contributed by atoms with Crippen LogP contribution in [0.5, 0.6) is 0 Å². The number of nitrogens with zero attached hydrogens (tertiary/aromatic N) is 3. The van der Waals surface area contributed by atoms with E-state index in [1.54, 1.807) is 6.07 Å². The van der Waals surface area contributed by atoms with Gasteiger partial charge in [-0.05, 0) is 32.0 Å². The van der Waals surface area contributed by atoms with Crippen LogP contribution in [0.4, 0.5) is 11.7 Å². The van der Waals surface area contributed by atoms with E-state index < -0.39 is 4.92 Å². The molecule has 2 heterocycles. The van der Waals surface area contributed by atoms with Crippen molar-refractivity contribution in [2.75, 3.05) is 25.5 Å². The van der Waals surface area contributed by atoms with Gasteiger partial charge in [0.15, 0.2) is 5.58 Å². The van der Waals surface area contributed by atoms with E-state index in [2.05, 4.69) is 29.2 Å². The zero-order valence-corrected chi connectivity index (χ0v) is 12.1. The highest BCUT2D eigenvalue weighted by atomic mass is 16.6. The average Bonchev–Trinajstić information content (AvgIpc) is 2.83. The molecular formula is C14H18N4O3. The number of piperidine rings is 1. The molecule has 0 amide bonds. The van der Waals surface area contributed by atoms with Crippen molar-refractivity contribution in [2.45, 2.75) is 19.4 Å². The number of hydrogen-bond donors (Lipinski definition) is 1. The smallest absolute Gasteiger partial charge is 0.295 e. The van der Waals surface area contributed by atoms with E-state index in [-0.39, 0.29) is 5.69 Å². The predicted octanol–water partition coefficient (Wildman–Crippen LogP) is 2.49. The van der Waals surface area contributed by atoms with Crippen LogP contribution in [0.2, 0.25) is 0 Å². The fourth-order valence-corrected chi connectivity index (χ4v) is 2.82. The number of rotatable bonds is 3. The Labute approximate surface area is 122 Å². The SMILES string of the molecule is CC1CN(C)CCC1Nc1nc2ccc([N+](=O)[O-])cc2o1. The first-order chi connectivity index (χ1) is 10.0. The number of likely N-dealkylation sites (tertiary alicyclic amines) is 1. The van der Waals surface area contributed by atoms with E-state index in [0.29, 0.717) is 29.1 Å². The zero-order valence-electron chi connectivity index (χ0n) is 12.1.